The van der Waals surface area contributed by atoms with Gasteiger partial charge in [-0.3, -0.25) is 4.79 Å². The van der Waals surface area contributed by atoms with Crippen LogP contribution in [-0.2, 0) is 9.53 Å². The van der Waals surface area contributed by atoms with Gasteiger partial charge >= 0.3 is 42.0 Å². The first-order valence-electron chi connectivity index (χ1n) is 7.56. The summed E-state index contributed by atoms with van der Waals surface area (Å²) < 4.78 is 160. The molecule has 0 aliphatic carbocycles. The van der Waals surface area contributed by atoms with Crippen LogP contribution in [0.4, 0.5) is 52.7 Å². The Bertz CT molecular complexity index is 671. The summed E-state index contributed by atoms with van der Waals surface area (Å²) in [6, 6.07) is 0. The van der Waals surface area contributed by atoms with E-state index in [-0.39, 0.29) is 12.8 Å². The third-order valence-electron chi connectivity index (χ3n) is 3.66. The van der Waals surface area contributed by atoms with Crippen molar-refractivity contribution >= 4 is 5.97 Å². The number of carbonyl (C=O) groups is 1. The first-order valence-corrected chi connectivity index (χ1v) is 7.56. The second-order valence-corrected chi connectivity index (χ2v) is 5.78. The predicted molar refractivity (Wildman–Crippen MR) is 76.7 cm³/mol. The van der Waals surface area contributed by atoms with Gasteiger partial charge in [-0.1, -0.05) is 0 Å². The van der Waals surface area contributed by atoms with E-state index < -0.39 is 61.0 Å². The monoisotopic (exact) mass is 464 g/mol. The third-order valence-corrected chi connectivity index (χ3v) is 3.66. The third kappa shape index (κ3) is 4.90. The minimum atomic E-state index is -7.62. The molecule has 0 heterocycles. The van der Waals surface area contributed by atoms with Crippen molar-refractivity contribution in [1.29, 1.82) is 0 Å². The number of terminal acetylenes is 2. The van der Waals surface area contributed by atoms with Crippen LogP contribution in [0.15, 0.2) is 0 Å². The normalized spacial score (nSPS) is 13.9. The Morgan fingerprint density at radius 3 is 1.60 bits per heavy atom. The highest BCUT2D eigenvalue weighted by atomic mass is 19.4. The van der Waals surface area contributed by atoms with Crippen LogP contribution >= 0.6 is 0 Å². The van der Waals surface area contributed by atoms with Crippen molar-refractivity contribution in [3.05, 3.63) is 0 Å². The summed E-state index contributed by atoms with van der Waals surface area (Å²) >= 11 is 0. The van der Waals surface area contributed by atoms with Gasteiger partial charge < -0.3 is 4.74 Å². The molecule has 0 aromatic rings. The standard InChI is InChI=1S/C16H12F12O2/c1-3-5-9(6-4-2)10(29)30-8-7-12(19,20)14(23,24)16(27,28)15(25,26)13(21,22)11(17)18/h1-2,9,11H,5-8H2. The van der Waals surface area contributed by atoms with E-state index >= 15 is 0 Å². The van der Waals surface area contributed by atoms with E-state index in [2.05, 4.69) is 4.74 Å². The highest BCUT2D eigenvalue weighted by Gasteiger charge is 2.87. The number of halogens is 12. The molecule has 0 rings (SSSR count). The lowest BCUT2D eigenvalue weighted by molar-refractivity contribution is -0.413. The molecule has 0 bridgehead atoms. The van der Waals surface area contributed by atoms with E-state index in [4.69, 9.17) is 12.8 Å². The van der Waals surface area contributed by atoms with E-state index in [0.717, 1.165) is 0 Å². The molecular weight excluding hydrogens is 452 g/mol. The molecule has 172 valence electrons. The first kappa shape index (κ1) is 27.8. The SMILES string of the molecule is C#CCC(CC#C)C(=O)OCCC(F)(F)C(F)(F)C(F)(F)C(F)(F)C(F)(F)C(F)F. The largest absolute Gasteiger partial charge is 0.465 e. The van der Waals surface area contributed by atoms with Crippen molar-refractivity contribution in [2.75, 3.05) is 6.61 Å². The molecule has 0 atom stereocenters. The molecule has 0 spiro atoms. The molecule has 0 N–H and O–H groups in total. The Labute approximate surface area is 161 Å². The topological polar surface area (TPSA) is 26.3 Å². The van der Waals surface area contributed by atoms with Gasteiger partial charge in [-0.15, -0.1) is 24.7 Å². The molecular formula is C16H12F12O2. The Morgan fingerprint density at radius 1 is 0.800 bits per heavy atom. The number of hydrogen-bond donors (Lipinski definition) is 0. The zero-order valence-corrected chi connectivity index (χ0v) is 14.5. The van der Waals surface area contributed by atoms with Crippen molar-refractivity contribution in [1.82, 2.24) is 0 Å². The lowest BCUT2D eigenvalue weighted by Gasteiger charge is -2.39. The number of esters is 1. The smallest absolute Gasteiger partial charge is 0.384 e. The summed E-state index contributed by atoms with van der Waals surface area (Å²) in [5.74, 6) is -34.5. The van der Waals surface area contributed by atoms with Crippen molar-refractivity contribution in [3.8, 4) is 24.7 Å². The Kier molecular flexibility index (Phi) is 8.57. The van der Waals surface area contributed by atoms with E-state index in [1.54, 1.807) is 0 Å². The van der Waals surface area contributed by atoms with Gasteiger partial charge in [-0.05, 0) is 0 Å². The van der Waals surface area contributed by atoms with E-state index in [1.165, 1.54) is 0 Å². The van der Waals surface area contributed by atoms with Crippen LogP contribution in [-0.4, -0.2) is 48.6 Å². The van der Waals surface area contributed by atoms with Gasteiger partial charge in [0.15, 0.2) is 0 Å². The summed E-state index contributed by atoms with van der Waals surface area (Å²) in [4.78, 5) is 11.5. The number of rotatable bonds is 11. The fraction of sp³-hybridized carbons (Fsp3) is 0.688. The number of ether oxygens (including phenoxy) is 1. The number of hydrogen-bond acceptors (Lipinski definition) is 2. The summed E-state index contributed by atoms with van der Waals surface area (Å²) in [7, 11) is 0. The van der Waals surface area contributed by atoms with Crippen molar-refractivity contribution < 1.29 is 62.2 Å². The van der Waals surface area contributed by atoms with Gasteiger partial charge in [0.05, 0.1) is 18.9 Å². The van der Waals surface area contributed by atoms with Gasteiger partial charge in [-0.2, -0.15) is 43.9 Å². The average Bonchev–Trinajstić information content (AvgIpc) is 2.60. The summed E-state index contributed by atoms with van der Waals surface area (Å²) in [6.45, 7) is -1.76. The molecule has 0 aliphatic heterocycles. The highest BCUT2D eigenvalue weighted by Crippen LogP contribution is 2.58. The Hall–Kier alpha value is -2.25. The van der Waals surface area contributed by atoms with E-state index in [1.807, 2.05) is 11.8 Å². The van der Waals surface area contributed by atoms with E-state index in [0.29, 0.717) is 0 Å². The molecule has 0 saturated carbocycles. The maximum atomic E-state index is 13.5. The maximum absolute atomic E-state index is 13.5. The molecule has 30 heavy (non-hydrogen) atoms. The molecule has 14 heteroatoms. The van der Waals surface area contributed by atoms with Crippen LogP contribution in [0, 0.1) is 30.6 Å². The average molecular weight is 464 g/mol. The maximum Gasteiger partial charge on any atom is 0.384 e. The lowest BCUT2D eigenvalue weighted by atomic mass is 9.93. The molecule has 0 aromatic heterocycles. The number of alkyl halides is 12. The quantitative estimate of drug-likeness (QED) is 0.244. The first-order chi connectivity index (χ1) is 13.3. The summed E-state index contributed by atoms with van der Waals surface area (Å²) in [5, 5.41) is 0. The summed E-state index contributed by atoms with van der Waals surface area (Å²) in [6.07, 6.45) is 0.872. The van der Waals surface area contributed by atoms with Crippen molar-refractivity contribution in [2.45, 2.75) is 55.3 Å². The molecule has 0 amide bonds. The minimum Gasteiger partial charge on any atom is -0.465 e. The van der Waals surface area contributed by atoms with Crippen LogP contribution in [0.5, 0.6) is 0 Å². The fourth-order valence-electron chi connectivity index (χ4n) is 1.85. The second kappa shape index (κ2) is 9.27. The van der Waals surface area contributed by atoms with Gasteiger partial charge in [-0.25, -0.2) is 8.78 Å². The van der Waals surface area contributed by atoms with Gasteiger partial charge in [0.1, 0.15) is 0 Å². The fourth-order valence-corrected chi connectivity index (χ4v) is 1.85. The van der Waals surface area contributed by atoms with Crippen LogP contribution in [0.25, 0.3) is 0 Å². The van der Waals surface area contributed by atoms with Crippen LogP contribution < -0.4 is 0 Å². The molecule has 0 aliphatic rings. The molecule has 0 unspecified atom stereocenters. The predicted octanol–water partition coefficient (Wildman–Crippen LogP) is 5.02. The molecule has 0 radical (unpaired) electrons. The molecule has 0 fully saturated rings. The Morgan fingerprint density at radius 2 is 1.23 bits per heavy atom. The molecule has 0 saturated heterocycles. The van der Waals surface area contributed by atoms with Gasteiger partial charge in [0.2, 0.25) is 0 Å². The number of carbonyl (C=O) groups excluding carboxylic acids is 1. The lowest BCUT2D eigenvalue weighted by Crippen LogP contribution is -2.68. The van der Waals surface area contributed by atoms with Crippen molar-refractivity contribution in [3.63, 3.8) is 0 Å². The second-order valence-electron chi connectivity index (χ2n) is 5.78. The van der Waals surface area contributed by atoms with Gasteiger partial charge in [0, 0.05) is 12.8 Å². The molecule has 2 nitrogen and oxygen atoms in total. The zero-order valence-electron chi connectivity index (χ0n) is 14.5. The van der Waals surface area contributed by atoms with Gasteiger partial charge in [0.25, 0.3) is 0 Å². The van der Waals surface area contributed by atoms with Crippen molar-refractivity contribution in [2.24, 2.45) is 5.92 Å². The van der Waals surface area contributed by atoms with Crippen LogP contribution in [0.2, 0.25) is 0 Å². The van der Waals surface area contributed by atoms with E-state index in [9.17, 15) is 57.5 Å². The zero-order chi connectivity index (χ0) is 24.2. The minimum absolute atomic E-state index is 0.386. The highest BCUT2D eigenvalue weighted by molar-refractivity contribution is 5.73. The molecule has 0 aromatic carbocycles. The van der Waals surface area contributed by atoms with Crippen LogP contribution in [0.3, 0.4) is 0 Å². The summed E-state index contributed by atoms with van der Waals surface area (Å²) in [5.41, 5.74) is 0. The van der Waals surface area contributed by atoms with Crippen LogP contribution in [0.1, 0.15) is 19.3 Å². The Balaban J connectivity index is 5.55.